The summed E-state index contributed by atoms with van der Waals surface area (Å²) in [7, 11) is 3.42. The van der Waals surface area contributed by atoms with E-state index in [9.17, 15) is 0 Å². The molecule has 2 aliphatic heterocycles. The zero-order chi connectivity index (χ0) is 17.4. The third-order valence-electron chi connectivity index (χ3n) is 5.61. The first kappa shape index (κ1) is 16.2. The van der Waals surface area contributed by atoms with Gasteiger partial charge in [-0.2, -0.15) is 0 Å². The van der Waals surface area contributed by atoms with Crippen molar-refractivity contribution in [1.82, 2.24) is 4.90 Å². The van der Waals surface area contributed by atoms with Crippen LogP contribution < -0.4 is 9.47 Å². The Bertz CT molecular complexity index is 810. The van der Waals surface area contributed by atoms with E-state index in [0.29, 0.717) is 6.04 Å². The Balaban J connectivity index is 1.72. The van der Waals surface area contributed by atoms with Gasteiger partial charge in [0.05, 0.1) is 14.2 Å². The molecule has 0 saturated carbocycles. The summed E-state index contributed by atoms with van der Waals surface area (Å²) < 4.78 is 11.0. The lowest BCUT2D eigenvalue weighted by Crippen LogP contribution is -2.39. The first-order valence-corrected chi connectivity index (χ1v) is 8.94. The van der Waals surface area contributed by atoms with Gasteiger partial charge in [-0.25, -0.2) is 0 Å². The Kier molecular flexibility index (Phi) is 4.26. The molecule has 0 unspecified atom stereocenters. The van der Waals surface area contributed by atoms with Crippen LogP contribution in [0.2, 0.25) is 0 Å². The molecular formula is C22H25NO2. The number of nitrogens with zero attached hydrogens (tertiary/aromatic N) is 1. The van der Waals surface area contributed by atoms with Crippen LogP contribution in [0.15, 0.2) is 48.0 Å². The van der Waals surface area contributed by atoms with Crippen molar-refractivity contribution >= 4 is 5.57 Å². The highest BCUT2D eigenvalue weighted by Gasteiger charge is 2.33. The van der Waals surface area contributed by atoms with Gasteiger partial charge < -0.3 is 9.47 Å². The minimum absolute atomic E-state index is 0.441. The molecule has 0 aromatic heterocycles. The maximum atomic E-state index is 5.54. The average molecular weight is 335 g/mol. The molecule has 0 amide bonds. The van der Waals surface area contributed by atoms with E-state index in [1.165, 1.54) is 27.8 Å². The second-order valence-corrected chi connectivity index (χ2v) is 6.97. The number of hydrogen-bond acceptors (Lipinski definition) is 3. The quantitative estimate of drug-likeness (QED) is 0.825. The van der Waals surface area contributed by atoms with Crippen LogP contribution in [-0.2, 0) is 6.42 Å². The summed E-state index contributed by atoms with van der Waals surface area (Å²) in [6.07, 6.45) is 2.14. The van der Waals surface area contributed by atoms with Crippen LogP contribution in [0.25, 0.3) is 5.57 Å². The number of fused-ring (bicyclic) bond motifs is 3. The first-order chi connectivity index (χ1) is 12.2. The van der Waals surface area contributed by atoms with Gasteiger partial charge in [0, 0.05) is 19.1 Å². The number of hydrogen-bond donors (Lipinski definition) is 0. The lowest BCUT2D eigenvalue weighted by molar-refractivity contribution is 0.197. The topological polar surface area (TPSA) is 21.7 Å². The van der Waals surface area contributed by atoms with Crippen LogP contribution in [0.4, 0.5) is 0 Å². The number of benzene rings is 2. The third-order valence-corrected chi connectivity index (χ3v) is 5.61. The van der Waals surface area contributed by atoms with Gasteiger partial charge in [-0.1, -0.05) is 35.9 Å². The second-order valence-electron chi connectivity index (χ2n) is 6.97. The Morgan fingerprint density at radius 3 is 2.44 bits per heavy atom. The summed E-state index contributed by atoms with van der Waals surface area (Å²) in [5.41, 5.74) is 7.14. The van der Waals surface area contributed by atoms with Crippen molar-refractivity contribution in [3.8, 4) is 11.5 Å². The molecule has 0 N–H and O–H groups in total. The maximum Gasteiger partial charge on any atom is 0.161 e. The van der Waals surface area contributed by atoms with E-state index in [-0.39, 0.29) is 0 Å². The van der Waals surface area contributed by atoms with Crippen molar-refractivity contribution in [2.45, 2.75) is 25.8 Å². The van der Waals surface area contributed by atoms with Gasteiger partial charge in [0.25, 0.3) is 0 Å². The maximum absolute atomic E-state index is 5.54. The lowest BCUT2D eigenvalue weighted by atomic mass is 9.83. The minimum Gasteiger partial charge on any atom is -0.493 e. The zero-order valence-electron chi connectivity index (χ0n) is 15.2. The molecule has 0 aliphatic carbocycles. The van der Waals surface area contributed by atoms with E-state index in [0.717, 1.165) is 37.4 Å². The SMILES string of the molecule is COc1cc2c(cc1OC)[C@@H]1CC(C)=C(c3ccccc3)CN1CC2. The molecule has 2 aromatic carbocycles. The summed E-state index contributed by atoms with van der Waals surface area (Å²) in [5.74, 6) is 1.67. The summed E-state index contributed by atoms with van der Waals surface area (Å²) in [4.78, 5) is 2.61. The van der Waals surface area contributed by atoms with Gasteiger partial charge in [0.1, 0.15) is 0 Å². The highest BCUT2D eigenvalue weighted by molar-refractivity contribution is 5.71. The highest BCUT2D eigenvalue weighted by Crippen LogP contribution is 2.44. The average Bonchev–Trinajstić information content (AvgIpc) is 2.67. The van der Waals surface area contributed by atoms with Crippen LogP contribution in [-0.4, -0.2) is 32.2 Å². The van der Waals surface area contributed by atoms with Crippen LogP contribution in [0.1, 0.15) is 36.1 Å². The largest absolute Gasteiger partial charge is 0.493 e. The fourth-order valence-electron chi connectivity index (χ4n) is 4.24. The molecule has 0 saturated heterocycles. The minimum atomic E-state index is 0.441. The smallest absolute Gasteiger partial charge is 0.161 e. The monoisotopic (exact) mass is 335 g/mol. The molecule has 2 aliphatic rings. The molecule has 4 rings (SSSR count). The van der Waals surface area contributed by atoms with E-state index in [2.05, 4.69) is 54.3 Å². The second kappa shape index (κ2) is 6.57. The van der Waals surface area contributed by atoms with Gasteiger partial charge in [0.2, 0.25) is 0 Å². The summed E-state index contributed by atoms with van der Waals surface area (Å²) in [5, 5.41) is 0. The van der Waals surface area contributed by atoms with Crippen LogP contribution in [0.3, 0.4) is 0 Å². The van der Waals surface area contributed by atoms with E-state index < -0.39 is 0 Å². The molecule has 3 nitrogen and oxygen atoms in total. The fourth-order valence-corrected chi connectivity index (χ4v) is 4.24. The summed E-state index contributed by atoms with van der Waals surface area (Å²) in [6, 6.07) is 15.6. The van der Waals surface area contributed by atoms with Crippen molar-refractivity contribution in [3.63, 3.8) is 0 Å². The molecule has 3 heteroatoms. The molecule has 0 fully saturated rings. The van der Waals surface area contributed by atoms with Gasteiger partial charge in [-0.3, -0.25) is 4.90 Å². The van der Waals surface area contributed by atoms with Crippen molar-refractivity contribution in [1.29, 1.82) is 0 Å². The normalized spacial score (nSPS) is 20.0. The van der Waals surface area contributed by atoms with Gasteiger partial charge in [-0.15, -0.1) is 0 Å². The molecular weight excluding hydrogens is 310 g/mol. The Labute approximate surface area is 149 Å². The summed E-state index contributed by atoms with van der Waals surface area (Å²) >= 11 is 0. The van der Waals surface area contributed by atoms with Gasteiger partial charge in [0.15, 0.2) is 11.5 Å². The van der Waals surface area contributed by atoms with E-state index in [4.69, 9.17) is 9.47 Å². The molecule has 25 heavy (non-hydrogen) atoms. The lowest BCUT2D eigenvalue weighted by Gasteiger charge is -2.42. The van der Waals surface area contributed by atoms with Gasteiger partial charge >= 0.3 is 0 Å². The van der Waals surface area contributed by atoms with E-state index >= 15 is 0 Å². The van der Waals surface area contributed by atoms with Crippen LogP contribution in [0.5, 0.6) is 11.5 Å². The summed E-state index contributed by atoms with van der Waals surface area (Å²) in [6.45, 7) is 4.40. The van der Waals surface area contributed by atoms with Crippen LogP contribution >= 0.6 is 0 Å². The van der Waals surface area contributed by atoms with Gasteiger partial charge in [-0.05, 0) is 54.2 Å². The molecule has 0 radical (unpaired) electrons. The number of rotatable bonds is 3. The molecule has 2 heterocycles. The molecule has 2 aromatic rings. The highest BCUT2D eigenvalue weighted by atomic mass is 16.5. The van der Waals surface area contributed by atoms with Crippen LogP contribution in [0, 0.1) is 0 Å². The van der Waals surface area contributed by atoms with Crippen molar-refractivity contribution < 1.29 is 9.47 Å². The molecule has 0 spiro atoms. The zero-order valence-corrected chi connectivity index (χ0v) is 15.2. The molecule has 1 atom stereocenters. The van der Waals surface area contributed by atoms with Crippen molar-refractivity contribution in [2.75, 3.05) is 27.3 Å². The predicted molar refractivity (Wildman–Crippen MR) is 101 cm³/mol. The standard InChI is InChI=1S/C22H25NO2/c1-15-11-20-18-13-22(25-3)21(24-2)12-17(18)9-10-23(20)14-19(15)16-7-5-4-6-8-16/h4-8,12-13,20H,9-11,14H2,1-3H3/t20-/m0/s1. The fraction of sp³-hybridized carbons (Fsp3) is 0.364. The Morgan fingerprint density at radius 2 is 1.72 bits per heavy atom. The third kappa shape index (κ3) is 2.83. The number of methoxy groups -OCH3 is 2. The Hall–Kier alpha value is -2.26. The first-order valence-electron chi connectivity index (χ1n) is 8.94. The van der Waals surface area contributed by atoms with E-state index in [1.807, 2.05) is 0 Å². The van der Waals surface area contributed by atoms with Crippen molar-refractivity contribution in [3.05, 3.63) is 64.7 Å². The van der Waals surface area contributed by atoms with Crippen molar-refractivity contribution in [2.24, 2.45) is 0 Å². The van der Waals surface area contributed by atoms with E-state index in [1.54, 1.807) is 14.2 Å². The predicted octanol–water partition coefficient (Wildman–Crippen LogP) is 4.48. The molecule has 0 bridgehead atoms. The molecule has 130 valence electrons. The number of ether oxygens (including phenoxy) is 2. The Morgan fingerprint density at radius 1 is 1.00 bits per heavy atom.